The number of amides is 1. The van der Waals surface area contributed by atoms with E-state index in [1.807, 2.05) is 0 Å². The van der Waals surface area contributed by atoms with Gasteiger partial charge in [-0.05, 0) is 37.0 Å². The van der Waals surface area contributed by atoms with Crippen LogP contribution in [0, 0.1) is 11.7 Å². The summed E-state index contributed by atoms with van der Waals surface area (Å²) in [6.07, 6.45) is 1.98. The topological polar surface area (TPSA) is 78.4 Å². The van der Waals surface area contributed by atoms with Gasteiger partial charge in [0, 0.05) is 18.7 Å². The summed E-state index contributed by atoms with van der Waals surface area (Å²) in [5.74, 6) is -1.39. The molecule has 3 N–H and O–H groups in total. The van der Waals surface area contributed by atoms with Crippen LogP contribution in [0.4, 0.5) is 10.1 Å². The highest BCUT2D eigenvalue weighted by atomic mass is 19.1. The molecule has 0 heterocycles. The Kier molecular flexibility index (Phi) is 4.68. The minimum absolute atomic E-state index is 0.146. The third kappa shape index (κ3) is 4.31. The van der Waals surface area contributed by atoms with Gasteiger partial charge in [0.15, 0.2) is 0 Å². The summed E-state index contributed by atoms with van der Waals surface area (Å²) in [6.45, 7) is 0.286. The van der Waals surface area contributed by atoms with E-state index < -0.39 is 17.8 Å². The van der Waals surface area contributed by atoms with Crippen LogP contribution in [0.1, 0.15) is 19.3 Å². The molecule has 2 rings (SSSR count). The molecule has 1 amide bonds. The molecule has 1 fully saturated rings. The minimum Gasteiger partial charge on any atom is -0.480 e. The lowest BCUT2D eigenvalue weighted by Crippen LogP contribution is -2.39. The molecule has 6 heteroatoms. The first-order valence-corrected chi connectivity index (χ1v) is 6.58. The lowest BCUT2D eigenvalue weighted by atomic mass is 10.2. The second-order valence-electron chi connectivity index (χ2n) is 4.92. The molecule has 1 unspecified atom stereocenters. The van der Waals surface area contributed by atoms with Crippen molar-refractivity contribution in [3.8, 4) is 0 Å². The smallest absolute Gasteiger partial charge is 0.320 e. The highest BCUT2D eigenvalue weighted by molar-refractivity contribution is 5.90. The summed E-state index contributed by atoms with van der Waals surface area (Å²) in [6, 6.07) is 5.06. The first-order chi connectivity index (χ1) is 9.56. The molecule has 108 valence electrons. The van der Waals surface area contributed by atoms with Gasteiger partial charge in [0.1, 0.15) is 11.9 Å². The summed E-state index contributed by atoms with van der Waals surface area (Å²) in [7, 11) is 0. The molecule has 1 aliphatic rings. The third-order valence-electron chi connectivity index (χ3n) is 3.18. The number of aliphatic carboxylic acids is 1. The van der Waals surface area contributed by atoms with Crippen molar-refractivity contribution in [1.82, 2.24) is 5.32 Å². The number of hydrogen-bond acceptors (Lipinski definition) is 3. The van der Waals surface area contributed by atoms with Crippen molar-refractivity contribution in [2.45, 2.75) is 25.3 Å². The quantitative estimate of drug-likeness (QED) is 0.709. The number of carboxylic acids is 1. The van der Waals surface area contributed by atoms with E-state index in [9.17, 15) is 14.0 Å². The van der Waals surface area contributed by atoms with Crippen molar-refractivity contribution < 1.29 is 19.1 Å². The Labute approximate surface area is 116 Å². The zero-order chi connectivity index (χ0) is 14.5. The molecule has 0 saturated heterocycles. The zero-order valence-corrected chi connectivity index (χ0v) is 10.9. The maximum Gasteiger partial charge on any atom is 0.320 e. The molecule has 0 aliphatic heterocycles. The van der Waals surface area contributed by atoms with Crippen molar-refractivity contribution in [2.24, 2.45) is 5.92 Å². The maximum atomic E-state index is 12.9. The van der Waals surface area contributed by atoms with Crippen LogP contribution in [0.5, 0.6) is 0 Å². The van der Waals surface area contributed by atoms with Gasteiger partial charge in [-0.3, -0.25) is 9.59 Å². The minimum atomic E-state index is -0.877. The standard InChI is InChI=1S/C14H17FN2O3/c15-10-2-1-3-11(8-10)17-12(18)6-7-16-13(14(19)20)9-4-5-9/h1-3,8-9,13,16H,4-7H2,(H,17,18)(H,19,20). The van der Waals surface area contributed by atoms with E-state index in [0.717, 1.165) is 12.8 Å². The molecule has 1 aromatic carbocycles. The number of carboxylic acid groups (broad SMARTS) is 1. The van der Waals surface area contributed by atoms with Gasteiger partial charge in [-0.2, -0.15) is 0 Å². The monoisotopic (exact) mass is 280 g/mol. The number of carbonyl (C=O) groups excluding carboxylic acids is 1. The van der Waals surface area contributed by atoms with Crippen LogP contribution in [-0.4, -0.2) is 29.6 Å². The number of rotatable bonds is 7. The van der Waals surface area contributed by atoms with Crippen molar-refractivity contribution >= 4 is 17.6 Å². The molecular formula is C14H17FN2O3. The van der Waals surface area contributed by atoms with Gasteiger partial charge in [0.25, 0.3) is 0 Å². The van der Waals surface area contributed by atoms with Crippen molar-refractivity contribution in [3.05, 3.63) is 30.1 Å². The Morgan fingerprint density at radius 3 is 2.75 bits per heavy atom. The van der Waals surface area contributed by atoms with E-state index >= 15 is 0 Å². The van der Waals surface area contributed by atoms with E-state index in [2.05, 4.69) is 10.6 Å². The summed E-state index contributed by atoms with van der Waals surface area (Å²) < 4.78 is 12.9. The summed E-state index contributed by atoms with van der Waals surface area (Å²) in [5, 5.41) is 14.4. The number of hydrogen-bond donors (Lipinski definition) is 3. The van der Waals surface area contributed by atoms with Crippen molar-refractivity contribution in [3.63, 3.8) is 0 Å². The number of anilines is 1. The second kappa shape index (κ2) is 6.47. The SMILES string of the molecule is O=C(CCNC(C(=O)O)C1CC1)Nc1cccc(F)c1. The summed E-state index contributed by atoms with van der Waals surface area (Å²) in [5.41, 5.74) is 0.395. The maximum absolute atomic E-state index is 12.9. The molecule has 1 aliphatic carbocycles. The van der Waals surface area contributed by atoms with Crippen LogP contribution in [-0.2, 0) is 9.59 Å². The Balaban J connectivity index is 1.73. The van der Waals surface area contributed by atoms with Crippen LogP contribution in [0.2, 0.25) is 0 Å². The van der Waals surface area contributed by atoms with E-state index in [1.165, 1.54) is 18.2 Å². The number of nitrogens with one attached hydrogen (secondary N) is 2. The highest BCUT2D eigenvalue weighted by Gasteiger charge is 2.35. The summed E-state index contributed by atoms with van der Waals surface area (Å²) >= 11 is 0. The molecule has 0 bridgehead atoms. The predicted octanol–water partition coefficient (Wildman–Crippen LogP) is 1.61. The Bertz CT molecular complexity index is 503. The highest BCUT2D eigenvalue weighted by Crippen LogP contribution is 2.32. The molecule has 1 aromatic rings. The first-order valence-electron chi connectivity index (χ1n) is 6.58. The van der Waals surface area contributed by atoms with Gasteiger partial charge in [-0.15, -0.1) is 0 Å². The largest absolute Gasteiger partial charge is 0.480 e. The molecule has 0 spiro atoms. The lowest BCUT2D eigenvalue weighted by Gasteiger charge is -2.13. The molecule has 1 saturated carbocycles. The number of benzene rings is 1. The Morgan fingerprint density at radius 2 is 2.15 bits per heavy atom. The number of carbonyl (C=O) groups is 2. The van der Waals surface area contributed by atoms with Crippen LogP contribution in [0.3, 0.4) is 0 Å². The molecule has 0 radical (unpaired) electrons. The van der Waals surface area contributed by atoms with Gasteiger partial charge in [0.05, 0.1) is 0 Å². The fraction of sp³-hybridized carbons (Fsp3) is 0.429. The van der Waals surface area contributed by atoms with E-state index in [4.69, 9.17) is 5.11 Å². The van der Waals surface area contributed by atoms with Crippen LogP contribution >= 0.6 is 0 Å². The average molecular weight is 280 g/mol. The van der Waals surface area contributed by atoms with Crippen molar-refractivity contribution in [1.29, 1.82) is 0 Å². The molecule has 1 atom stereocenters. The zero-order valence-electron chi connectivity index (χ0n) is 10.9. The van der Waals surface area contributed by atoms with E-state index in [1.54, 1.807) is 6.07 Å². The van der Waals surface area contributed by atoms with Crippen molar-refractivity contribution in [2.75, 3.05) is 11.9 Å². The fourth-order valence-electron chi connectivity index (χ4n) is 2.02. The van der Waals surface area contributed by atoms with Gasteiger partial charge >= 0.3 is 5.97 Å². The van der Waals surface area contributed by atoms with Gasteiger partial charge in [-0.1, -0.05) is 6.07 Å². The van der Waals surface area contributed by atoms with Crippen LogP contribution < -0.4 is 10.6 Å². The predicted molar refractivity (Wildman–Crippen MR) is 71.8 cm³/mol. The van der Waals surface area contributed by atoms with E-state index in [-0.39, 0.29) is 24.8 Å². The number of halogens is 1. The Morgan fingerprint density at radius 1 is 1.40 bits per heavy atom. The van der Waals surface area contributed by atoms with Crippen LogP contribution in [0.15, 0.2) is 24.3 Å². The second-order valence-corrected chi connectivity index (χ2v) is 4.92. The van der Waals surface area contributed by atoms with Gasteiger partial charge in [0.2, 0.25) is 5.91 Å². The van der Waals surface area contributed by atoms with Gasteiger partial charge in [-0.25, -0.2) is 4.39 Å². The van der Waals surface area contributed by atoms with E-state index in [0.29, 0.717) is 5.69 Å². The Hall–Kier alpha value is -1.95. The van der Waals surface area contributed by atoms with Crippen LogP contribution in [0.25, 0.3) is 0 Å². The normalized spacial score (nSPS) is 15.7. The fourth-order valence-corrected chi connectivity index (χ4v) is 2.02. The summed E-state index contributed by atoms with van der Waals surface area (Å²) in [4.78, 5) is 22.6. The molecule has 5 nitrogen and oxygen atoms in total. The molecule has 20 heavy (non-hydrogen) atoms. The third-order valence-corrected chi connectivity index (χ3v) is 3.18. The lowest BCUT2D eigenvalue weighted by molar-refractivity contribution is -0.140. The van der Waals surface area contributed by atoms with Gasteiger partial charge < -0.3 is 15.7 Å². The first kappa shape index (κ1) is 14.5. The average Bonchev–Trinajstić information content (AvgIpc) is 3.18. The molecule has 0 aromatic heterocycles. The molecular weight excluding hydrogens is 263 g/mol.